The van der Waals surface area contributed by atoms with Crippen LogP contribution in [0.2, 0.25) is 0 Å². The first kappa shape index (κ1) is 18.7. The fraction of sp³-hybridized carbons (Fsp3) is 0.619. The summed E-state index contributed by atoms with van der Waals surface area (Å²) in [5.41, 5.74) is 0.888. The highest BCUT2D eigenvalue weighted by Crippen LogP contribution is 2.42. The van der Waals surface area contributed by atoms with Crippen molar-refractivity contribution >= 4 is 0 Å². The van der Waals surface area contributed by atoms with Crippen LogP contribution in [0.5, 0.6) is 5.75 Å². The molecule has 1 aromatic rings. The van der Waals surface area contributed by atoms with Crippen LogP contribution in [0.3, 0.4) is 0 Å². The molecule has 3 aliphatic heterocycles. The van der Waals surface area contributed by atoms with Crippen LogP contribution in [0.4, 0.5) is 0 Å². The van der Waals surface area contributed by atoms with E-state index in [1.54, 1.807) is 7.11 Å². The molecule has 0 saturated carbocycles. The van der Waals surface area contributed by atoms with E-state index in [9.17, 15) is 0 Å². The molecule has 0 N–H and O–H groups in total. The summed E-state index contributed by atoms with van der Waals surface area (Å²) in [7, 11) is 1.64. The maximum Gasteiger partial charge on any atom is 0.164 e. The van der Waals surface area contributed by atoms with Crippen molar-refractivity contribution in [2.45, 2.75) is 69.8 Å². The molecule has 3 fully saturated rings. The van der Waals surface area contributed by atoms with Gasteiger partial charge in [-0.2, -0.15) is 0 Å². The summed E-state index contributed by atoms with van der Waals surface area (Å²) < 4.78 is 35.3. The van der Waals surface area contributed by atoms with E-state index in [4.69, 9.17) is 28.4 Å². The van der Waals surface area contributed by atoms with Crippen molar-refractivity contribution < 1.29 is 28.4 Å². The molecule has 0 amide bonds. The quantitative estimate of drug-likeness (QED) is 0.742. The summed E-state index contributed by atoms with van der Waals surface area (Å²) in [6.07, 6.45) is -1.39. The minimum Gasteiger partial charge on any atom is -0.497 e. The molecule has 0 spiro atoms. The summed E-state index contributed by atoms with van der Waals surface area (Å²) in [5.74, 6) is 5.88. The number of ether oxygens (including phenoxy) is 6. The van der Waals surface area contributed by atoms with Gasteiger partial charge in [-0.25, -0.2) is 0 Å². The van der Waals surface area contributed by atoms with Gasteiger partial charge in [0.15, 0.2) is 11.6 Å². The second-order valence-corrected chi connectivity index (χ2v) is 7.95. The van der Waals surface area contributed by atoms with E-state index in [-0.39, 0.29) is 24.4 Å². The summed E-state index contributed by atoms with van der Waals surface area (Å²) in [6, 6.07) is 7.61. The molecular formula is C21H26O6. The Kier molecular flexibility index (Phi) is 4.69. The van der Waals surface area contributed by atoms with Crippen molar-refractivity contribution in [3.05, 3.63) is 29.8 Å². The monoisotopic (exact) mass is 374 g/mol. The molecule has 6 nitrogen and oxygen atoms in total. The average molecular weight is 374 g/mol. The Morgan fingerprint density at radius 2 is 1.63 bits per heavy atom. The molecule has 3 saturated heterocycles. The third-order valence-electron chi connectivity index (χ3n) is 4.94. The van der Waals surface area contributed by atoms with Crippen LogP contribution in [0.25, 0.3) is 0 Å². The fourth-order valence-corrected chi connectivity index (χ4v) is 3.75. The summed E-state index contributed by atoms with van der Waals surface area (Å²) in [6.45, 7) is 8.08. The van der Waals surface area contributed by atoms with Crippen LogP contribution in [0.15, 0.2) is 24.3 Å². The van der Waals surface area contributed by atoms with E-state index in [1.165, 1.54) is 0 Å². The molecule has 146 valence electrons. The number of fused-ring (bicyclic) bond motifs is 1. The standard InChI is InChI=1S/C21H26O6/c1-20(2)23-12-16(25-20)17-19-18(26-21(3,4)27-19)15(24-17)11-8-13-6-9-14(22-5)10-7-13/h6-7,9-10,15-19H,12H2,1-5H3/t15-,16-,17-,18-,19+/m1/s1. The number of methoxy groups -OCH3 is 1. The molecule has 5 atom stereocenters. The molecule has 0 aliphatic carbocycles. The summed E-state index contributed by atoms with van der Waals surface area (Å²) >= 11 is 0. The van der Waals surface area contributed by atoms with Crippen LogP contribution in [-0.4, -0.2) is 55.8 Å². The number of hydrogen-bond donors (Lipinski definition) is 0. The predicted molar refractivity (Wildman–Crippen MR) is 97.3 cm³/mol. The van der Waals surface area contributed by atoms with E-state index in [0.717, 1.165) is 11.3 Å². The van der Waals surface area contributed by atoms with Crippen LogP contribution in [-0.2, 0) is 23.7 Å². The molecule has 0 bridgehead atoms. The predicted octanol–water partition coefficient (Wildman–Crippen LogP) is 2.49. The highest BCUT2D eigenvalue weighted by Gasteiger charge is 2.58. The first-order valence-corrected chi connectivity index (χ1v) is 9.25. The van der Waals surface area contributed by atoms with Crippen molar-refractivity contribution in [1.82, 2.24) is 0 Å². The Hall–Kier alpha value is -1.62. The van der Waals surface area contributed by atoms with E-state index in [1.807, 2.05) is 52.0 Å². The zero-order chi connectivity index (χ0) is 19.2. The Labute approximate surface area is 160 Å². The maximum absolute atomic E-state index is 6.21. The van der Waals surface area contributed by atoms with Gasteiger partial charge in [0.25, 0.3) is 0 Å². The first-order chi connectivity index (χ1) is 12.8. The van der Waals surface area contributed by atoms with Gasteiger partial charge >= 0.3 is 0 Å². The van der Waals surface area contributed by atoms with Crippen molar-refractivity contribution in [3.8, 4) is 17.6 Å². The lowest BCUT2D eigenvalue weighted by Gasteiger charge is -2.26. The molecule has 0 radical (unpaired) electrons. The van der Waals surface area contributed by atoms with Gasteiger partial charge < -0.3 is 28.4 Å². The summed E-state index contributed by atoms with van der Waals surface area (Å²) in [4.78, 5) is 0. The zero-order valence-electron chi connectivity index (χ0n) is 16.4. The number of benzene rings is 1. The minimum atomic E-state index is -0.674. The van der Waals surface area contributed by atoms with Crippen molar-refractivity contribution in [3.63, 3.8) is 0 Å². The molecule has 3 heterocycles. The highest BCUT2D eigenvalue weighted by atomic mass is 16.8. The molecule has 4 rings (SSSR count). The minimum absolute atomic E-state index is 0.210. The molecule has 0 aromatic heterocycles. The van der Waals surface area contributed by atoms with Gasteiger partial charge in [-0.05, 0) is 52.0 Å². The molecule has 1 aromatic carbocycles. The lowest BCUT2D eigenvalue weighted by atomic mass is 10.0. The van der Waals surface area contributed by atoms with Gasteiger partial charge in [-0.1, -0.05) is 11.8 Å². The topological polar surface area (TPSA) is 55.4 Å². The van der Waals surface area contributed by atoms with E-state index in [0.29, 0.717) is 6.61 Å². The van der Waals surface area contributed by atoms with Crippen LogP contribution in [0.1, 0.15) is 33.3 Å². The van der Waals surface area contributed by atoms with Crippen LogP contribution in [0, 0.1) is 11.8 Å². The van der Waals surface area contributed by atoms with Crippen molar-refractivity contribution in [1.29, 1.82) is 0 Å². The van der Waals surface area contributed by atoms with E-state index >= 15 is 0 Å². The fourth-order valence-electron chi connectivity index (χ4n) is 3.75. The van der Waals surface area contributed by atoms with Crippen molar-refractivity contribution in [2.24, 2.45) is 0 Å². The highest BCUT2D eigenvalue weighted by molar-refractivity contribution is 5.39. The Balaban J connectivity index is 1.54. The lowest BCUT2D eigenvalue weighted by Crippen LogP contribution is -2.40. The molecule has 6 heteroatoms. The number of rotatable bonds is 2. The number of hydrogen-bond acceptors (Lipinski definition) is 6. The summed E-state index contributed by atoms with van der Waals surface area (Å²) in [5, 5.41) is 0. The zero-order valence-corrected chi connectivity index (χ0v) is 16.4. The third kappa shape index (κ3) is 3.84. The first-order valence-electron chi connectivity index (χ1n) is 9.25. The van der Waals surface area contributed by atoms with Gasteiger partial charge in [0, 0.05) is 5.56 Å². The van der Waals surface area contributed by atoms with Crippen LogP contribution < -0.4 is 4.74 Å². The van der Waals surface area contributed by atoms with Gasteiger partial charge in [0.05, 0.1) is 13.7 Å². The van der Waals surface area contributed by atoms with Gasteiger partial charge in [0.1, 0.15) is 36.3 Å². The smallest absolute Gasteiger partial charge is 0.164 e. The second kappa shape index (κ2) is 6.77. The van der Waals surface area contributed by atoms with Gasteiger partial charge in [-0.3, -0.25) is 0 Å². The Bertz CT molecular complexity index is 744. The SMILES string of the molecule is COc1ccc(C#C[C@H]2O[C@H]([C@H]3COC(C)(C)O3)[C@@H]3OC(C)(C)O[C@@H]32)cc1. The van der Waals surface area contributed by atoms with E-state index < -0.39 is 17.7 Å². The van der Waals surface area contributed by atoms with Crippen molar-refractivity contribution in [2.75, 3.05) is 13.7 Å². The normalized spacial score (nSPS) is 36.1. The maximum atomic E-state index is 6.21. The third-order valence-corrected chi connectivity index (χ3v) is 4.94. The van der Waals surface area contributed by atoms with E-state index in [2.05, 4.69) is 11.8 Å². The molecule has 3 aliphatic rings. The largest absolute Gasteiger partial charge is 0.497 e. The van der Waals surface area contributed by atoms with Crippen LogP contribution >= 0.6 is 0 Å². The molecule has 27 heavy (non-hydrogen) atoms. The second-order valence-electron chi connectivity index (χ2n) is 7.95. The molecule has 0 unspecified atom stereocenters. The molecular weight excluding hydrogens is 348 g/mol. The van der Waals surface area contributed by atoms with Gasteiger partial charge in [-0.15, -0.1) is 0 Å². The lowest BCUT2D eigenvalue weighted by molar-refractivity contribution is -0.201. The Morgan fingerprint density at radius 1 is 0.926 bits per heavy atom. The van der Waals surface area contributed by atoms with Gasteiger partial charge in [0.2, 0.25) is 0 Å². The Morgan fingerprint density at radius 3 is 2.26 bits per heavy atom. The average Bonchev–Trinajstić information content (AvgIpc) is 3.23.